The van der Waals surface area contributed by atoms with Gasteiger partial charge in [0.1, 0.15) is 5.82 Å². The van der Waals surface area contributed by atoms with Crippen molar-refractivity contribution in [2.24, 2.45) is 5.92 Å². The molecule has 102 valence electrons. The third-order valence-corrected chi connectivity index (χ3v) is 3.15. The Hall–Kier alpha value is -1.91. The van der Waals surface area contributed by atoms with Crippen LogP contribution in [-0.4, -0.2) is 24.5 Å². The molecule has 0 heterocycles. The van der Waals surface area contributed by atoms with E-state index in [-0.39, 0.29) is 24.1 Å². The molecule has 1 saturated carbocycles. The first-order chi connectivity index (χ1) is 9.08. The molecule has 1 amide bonds. The number of amides is 1. The maximum absolute atomic E-state index is 13.3. The predicted molar refractivity (Wildman–Crippen MR) is 67.0 cm³/mol. The van der Waals surface area contributed by atoms with E-state index < -0.39 is 11.8 Å². The SMILES string of the molecule is C[C@H](NC(=O)COC(=O)c1ccccc1F)C1CC1. The Bertz CT molecular complexity index is 485. The molecule has 1 aliphatic rings. The summed E-state index contributed by atoms with van der Waals surface area (Å²) in [5.74, 6) is -1.30. The molecule has 19 heavy (non-hydrogen) atoms. The lowest BCUT2D eigenvalue weighted by atomic mass is 10.2. The van der Waals surface area contributed by atoms with Gasteiger partial charge in [0.15, 0.2) is 6.61 Å². The maximum atomic E-state index is 13.3. The summed E-state index contributed by atoms with van der Waals surface area (Å²) in [7, 11) is 0. The molecule has 0 aliphatic heterocycles. The van der Waals surface area contributed by atoms with E-state index in [0.717, 1.165) is 12.8 Å². The number of nitrogens with one attached hydrogen (secondary N) is 1. The molecule has 2 rings (SSSR count). The lowest BCUT2D eigenvalue weighted by molar-refractivity contribution is -0.125. The molecule has 1 aromatic rings. The zero-order valence-electron chi connectivity index (χ0n) is 10.7. The van der Waals surface area contributed by atoms with E-state index >= 15 is 0 Å². The van der Waals surface area contributed by atoms with Crippen LogP contribution in [0.5, 0.6) is 0 Å². The Morgan fingerprint density at radius 2 is 2.11 bits per heavy atom. The summed E-state index contributed by atoms with van der Waals surface area (Å²) in [6, 6.07) is 5.61. The molecular formula is C14H16FNO3. The molecule has 0 aromatic heterocycles. The first kappa shape index (κ1) is 13.5. The summed E-state index contributed by atoms with van der Waals surface area (Å²) < 4.78 is 18.1. The van der Waals surface area contributed by atoms with Gasteiger partial charge in [0.2, 0.25) is 0 Å². The fraction of sp³-hybridized carbons (Fsp3) is 0.429. The number of carbonyl (C=O) groups excluding carboxylic acids is 2. The van der Waals surface area contributed by atoms with Crippen LogP contribution in [0.2, 0.25) is 0 Å². The highest BCUT2D eigenvalue weighted by Crippen LogP contribution is 2.32. The Labute approximate surface area is 110 Å². The minimum Gasteiger partial charge on any atom is -0.452 e. The van der Waals surface area contributed by atoms with Gasteiger partial charge in [-0.15, -0.1) is 0 Å². The van der Waals surface area contributed by atoms with Crippen LogP contribution < -0.4 is 5.32 Å². The fourth-order valence-electron chi connectivity index (χ4n) is 1.85. The van der Waals surface area contributed by atoms with Crippen molar-refractivity contribution in [1.82, 2.24) is 5.32 Å². The molecule has 1 N–H and O–H groups in total. The first-order valence-electron chi connectivity index (χ1n) is 6.29. The van der Waals surface area contributed by atoms with Gasteiger partial charge in [0, 0.05) is 6.04 Å². The molecule has 1 atom stereocenters. The van der Waals surface area contributed by atoms with Crippen molar-refractivity contribution in [2.75, 3.05) is 6.61 Å². The van der Waals surface area contributed by atoms with Crippen LogP contribution in [0.15, 0.2) is 24.3 Å². The van der Waals surface area contributed by atoms with Gasteiger partial charge >= 0.3 is 5.97 Å². The minimum atomic E-state index is -0.827. The lowest BCUT2D eigenvalue weighted by Gasteiger charge is -2.12. The number of hydrogen-bond acceptors (Lipinski definition) is 3. The van der Waals surface area contributed by atoms with Gasteiger partial charge < -0.3 is 10.1 Å². The molecule has 0 saturated heterocycles. The molecule has 0 spiro atoms. The lowest BCUT2D eigenvalue weighted by Crippen LogP contribution is -2.37. The van der Waals surface area contributed by atoms with Crippen molar-refractivity contribution in [3.63, 3.8) is 0 Å². The van der Waals surface area contributed by atoms with Gasteiger partial charge in [-0.2, -0.15) is 0 Å². The number of carbonyl (C=O) groups is 2. The number of halogens is 1. The second-order valence-electron chi connectivity index (χ2n) is 4.75. The molecular weight excluding hydrogens is 249 g/mol. The fourth-order valence-corrected chi connectivity index (χ4v) is 1.85. The second-order valence-corrected chi connectivity index (χ2v) is 4.75. The van der Waals surface area contributed by atoms with Gasteiger partial charge in [0.25, 0.3) is 5.91 Å². The van der Waals surface area contributed by atoms with Crippen molar-refractivity contribution >= 4 is 11.9 Å². The summed E-state index contributed by atoms with van der Waals surface area (Å²) in [4.78, 5) is 23.1. The van der Waals surface area contributed by atoms with E-state index in [0.29, 0.717) is 5.92 Å². The van der Waals surface area contributed by atoms with Crippen LogP contribution in [0.4, 0.5) is 4.39 Å². The monoisotopic (exact) mass is 265 g/mol. The van der Waals surface area contributed by atoms with E-state index in [1.807, 2.05) is 6.92 Å². The highest BCUT2D eigenvalue weighted by atomic mass is 19.1. The van der Waals surface area contributed by atoms with Crippen molar-refractivity contribution in [2.45, 2.75) is 25.8 Å². The third-order valence-electron chi connectivity index (χ3n) is 3.15. The Morgan fingerprint density at radius 1 is 1.42 bits per heavy atom. The zero-order chi connectivity index (χ0) is 13.8. The van der Waals surface area contributed by atoms with Crippen LogP contribution >= 0.6 is 0 Å². The smallest absolute Gasteiger partial charge is 0.341 e. The molecule has 1 fully saturated rings. The van der Waals surface area contributed by atoms with Crippen LogP contribution in [0.1, 0.15) is 30.1 Å². The molecule has 0 unspecified atom stereocenters. The van der Waals surface area contributed by atoms with Crippen LogP contribution in [0, 0.1) is 11.7 Å². The van der Waals surface area contributed by atoms with Gasteiger partial charge in [0.05, 0.1) is 5.56 Å². The molecule has 1 aliphatic carbocycles. The van der Waals surface area contributed by atoms with Crippen molar-refractivity contribution in [3.8, 4) is 0 Å². The minimum absolute atomic E-state index is 0.0969. The van der Waals surface area contributed by atoms with Gasteiger partial charge in [-0.05, 0) is 37.8 Å². The van der Waals surface area contributed by atoms with Crippen LogP contribution in [-0.2, 0) is 9.53 Å². The number of hydrogen-bond donors (Lipinski definition) is 1. The summed E-state index contributed by atoms with van der Waals surface area (Å²) in [6.45, 7) is 1.54. The summed E-state index contributed by atoms with van der Waals surface area (Å²) in [6.07, 6.45) is 2.24. The maximum Gasteiger partial charge on any atom is 0.341 e. The van der Waals surface area contributed by atoms with E-state index in [1.54, 1.807) is 0 Å². The largest absolute Gasteiger partial charge is 0.452 e. The summed E-state index contributed by atoms with van der Waals surface area (Å²) in [5, 5.41) is 2.75. The van der Waals surface area contributed by atoms with Crippen molar-refractivity contribution < 1.29 is 18.7 Å². The van der Waals surface area contributed by atoms with Crippen molar-refractivity contribution in [1.29, 1.82) is 0 Å². The quantitative estimate of drug-likeness (QED) is 0.827. The number of rotatable bonds is 5. The average Bonchev–Trinajstić information content (AvgIpc) is 3.20. The molecule has 0 radical (unpaired) electrons. The van der Waals surface area contributed by atoms with Crippen molar-refractivity contribution in [3.05, 3.63) is 35.6 Å². The van der Waals surface area contributed by atoms with Crippen LogP contribution in [0.25, 0.3) is 0 Å². The molecule has 0 bridgehead atoms. The molecule has 4 nitrogen and oxygen atoms in total. The predicted octanol–water partition coefficient (Wildman–Crippen LogP) is 1.90. The highest BCUT2D eigenvalue weighted by molar-refractivity contribution is 5.91. The topological polar surface area (TPSA) is 55.4 Å². The second kappa shape index (κ2) is 5.82. The summed E-state index contributed by atoms with van der Waals surface area (Å²) >= 11 is 0. The Morgan fingerprint density at radius 3 is 2.74 bits per heavy atom. The van der Waals surface area contributed by atoms with Crippen LogP contribution in [0.3, 0.4) is 0 Å². The standard InChI is InChI=1S/C14H16FNO3/c1-9(10-6-7-10)16-13(17)8-19-14(18)11-4-2-3-5-12(11)15/h2-5,9-10H,6-8H2,1H3,(H,16,17)/t9-/m0/s1. The summed E-state index contributed by atoms with van der Waals surface area (Å²) in [5.41, 5.74) is -0.162. The normalized spacial score (nSPS) is 15.7. The van der Waals surface area contributed by atoms with Gasteiger partial charge in [-0.3, -0.25) is 4.79 Å². The van der Waals surface area contributed by atoms with E-state index in [1.165, 1.54) is 24.3 Å². The number of ether oxygens (including phenoxy) is 1. The molecule has 5 heteroatoms. The van der Waals surface area contributed by atoms with Gasteiger partial charge in [-0.1, -0.05) is 12.1 Å². The van der Waals surface area contributed by atoms with E-state index in [9.17, 15) is 14.0 Å². The highest BCUT2D eigenvalue weighted by Gasteiger charge is 2.29. The van der Waals surface area contributed by atoms with E-state index in [2.05, 4.69) is 5.32 Å². The van der Waals surface area contributed by atoms with E-state index in [4.69, 9.17) is 4.74 Å². The molecule has 1 aromatic carbocycles. The first-order valence-corrected chi connectivity index (χ1v) is 6.29. The number of esters is 1. The Balaban J connectivity index is 1.80. The average molecular weight is 265 g/mol. The Kier molecular flexibility index (Phi) is 4.14. The third kappa shape index (κ3) is 3.77. The van der Waals surface area contributed by atoms with Gasteiger partial charge in [-0.25, -0.2) is 9.18 Å². The number of benzene rings is 1. The zero-order valence-corrected chi connectivity index (χ0v) is 10.7.